The molecule has 2 aromatic carbocycles. The topological polar surface area (TPSA) is 35.5 Å². The lowest BCUT2D eigenvalue weighted by Crippen LogP contribution is -2.04. The van der Waals surface area contributed by atoms with E-state index in [4.69, 9.17) is 4.74 Å². The van der Waals surface area contributed by atoms with Crippen LogP contribution in [0.5, 0.6) is 5.75 Å². The normalized spacial score (nSPS) is 10.0. The lowest BCUT2D eigenvalue weighted by molar-refractivity contribution is -0.139. The maximum absolute atomic E-state index is 11.3. The highest BCUT2D eigenvalue weighted by Gasteiger charge is 2.04. The minimum atomic E-state index is -0.230. The minimum Gasteiger partial charge on any atom is -0.497 e. The van der Waals surface area contributed by atoms with E-state index in [1.54, 1.807) is 7.11 Å². The Hall–Kier alpha value is -2.29. The Morgan fingerprint density at radius 3 is 2.37 bits per heavy atom. The highest BCUT2D eigenvalue weighted by molar-refractivity contribution is 5.74. The standard InChI is InChI=1S/C16H16O3/c1-18-15-8-6-13(7-9-15)14-5-3-4-12(10-14)11-16(17)19-2/h3-10H,11H2,1-2H3. The highest BCUT2D eigenvalue weighted by Crippen LogP contribution is 2.23. The molecule has 0 aliphatic heterocycles. The van der Waals surface area contributed by atoms with E-state index in [1.807, 2.05) is 48.5 Å². The van der Waals surface area contributed by atoms with E-state index in [2.05, 4.69) is 4.74 Å². The molecule has 0 amide bonds. The molecule has 0 aliphatic carbocycles. The van der Waals surface area contributed by atoms with Crippen LogP contribution >= 0.6 is 0 Å². The van der Waals surface area contributed by atoms with E-state index in [-0.39, 0.29) is 5.97 Å². The van der Waals surface area contributed by atoms with Crippen LogP contribution in [0.25, 0.3) is 11.1 Å². The predicted molar refractivity (Wildman–Crippen MR) is 74.2 cm³/mol. The van der Waals surface area contributed by atoms with Crippen LogP contribution in [0.4, 0.5) is 0 Å². The lowest BCUT2D eigenvalue weighted by atomic mass is 10.0. The van der Waals surface area contributed by atoms with Gasteiger partial charge in [-0.2, -0.15) is 0 Å². The molecule has 0 spiro atoms. The van der Waals surface area contributed by atoms with Crippen LogP contribution in [-0.4, -0.2) is 20.2 Å². The molecule has 0 unspecified atom stereocenters. The van der Waals surface area contributed by atoms with Crippen molar-refractivity contribution in [1.82, 2.24) is 0 Å². The summed E-state index contributed by atoms with van der Waals surface area (Å²) in [5.74, 6) is 0.598. The summed E-state index contributed by atoms with van der Waals surface area (Å²) < 4.78 is 9.81. The number of carbonyl (C=O) groups excluding carboxylic acids is 1. The zero-order valence-electron chi connectivity index (χ0n) is 11.1. The largest absolute Gasteiger partial charge is 0.497 e. The molecule has 0 atom stereocenters. The Balaban J connectivity index is 2.24. The summed E-state index contributed by atoms with van der Waals surface area (Å²) in [7, 11) is 3.04. The summed E-state index contributed by atoms with van der Waals surface area (Å²) in [4.78, 5) is 11.3. The SMILES string of the molecule is COC(=O)Cc1cccc(-c2ccc(OC)cc2)c1. The summed E-state index contributed by atoms with van der Waals surface area (Å²) in [6, 6.07) is 15.7. The van der Waals surface area contributed by atoms with E-state index >= 15 is 0 Å². The van der Waals surface area contributed by atoms with Crippen molar-refractivity contribution in [3.05, 3.63) is 54.1 Å². The number of hydrogen-bond donors (Lipinski definition) is 0. The molecule has 0 fully saturated rings. The third-order valence-electron chi connectivity index (χ3n) is 2.93. The number of carbonyl (C=O) groups is 1. The van der Waals surface area contributed by atoms with Gasteiger partial charge in [-0.15, -0.1) is 0 Å². The van der Waals surface area contributed by atoms with E-state index < -0.39 is 0 Å². The Bertz CT molecular complexity index is 558. The number of methoxy groups -OCH3 is 2. The third kappa shape index (κ3) is 3.35. The van der Waals surface area contributed by atoms with Crippen LogP contribution < -0.4 is 4.74 Å². The van der Waals surface area contributed by atoms with Crippen LogP contribution in [0.1, 0.15) is 5.56 Å². The van der Waals surface area contributed by atoms with Crippen molar-refractivity contribution in [2.45, 2.75) is 6.42 Å². The lowest BCUT2D eigenvalue weighted by Gasteiger charge is -2.06. The second-order valence-corrected chi connectivity index (χ2v) is 4.18. The molecule has 0 radical (unpaired) electrons. The van der Waals surface area contributed by atoms with Gasteiger partial charge in [0.2, 0.25) is 0 Å². The number of rotatable bonds is 4. The summed E-state index contributed by atoms with van der Waals surface area (Å²) in [6.07, 6.45) is 0.292. The highest BCUT2D eigenvalue weighted by atomic mass is 16.5. The van der Waals surface area contributed by atoms with Gasteiger partial charge in [0.25, 0.3) is 0 Å². The van der Waals surface area contributed by atoms with Crippen molar-refractivity contribution < 1.29 is 14.3 Å². The number of benzene rings is 2. The van der Waals surface area contributed by atoms with Crippen LogP contribution in [0.2, 0.25) is 0 Å². The average molecular weight is 256 g/mol. The van der Waals surface area contributed by atoms with Crippen molar-refractivity contribution in [1.29, 1.82) is 0 Å². The summed E-state index contributed by atoms with van der Waals surface area (Å²) in [5.41, 5.74) is 3.11. The Morgan fingerprint density at radius 2 is 1.74 bits per heavy atom. The zero-order chi connectivity index (χ0) is 13.7. The average Bonchev–Trinajstić information content (AvgIpc) is 2.47. The molecule has 98 valence electrons. The number of ether oxygens (including phenoxy) is 2. The Morgan fingerprint density at radius 1 is 1.00 bits per heavy atom. The fourth-order valence-corrected chi connectivity index (χ4v) is 1.88. The van der Waals surface area contributed by atoms with E-state index in [0.29, 0.717) is 6.42 Å². The van der Waals surface area contributed by atoms with Crippen LogP contribution in [0.15, 0.2) is 48.5 Å². The van der Waals surface area contributed by atoms with Crippen LogP contribution in [0, 0.1) is 0 Å². The van der Waals surface area contributed by atoms with Crippen molar-refractivity contribution in [2.75, 3.05) is 14.2 Å². The molecule has 19 heavy (non-hydrogen) atoms. The second kappa shape index (κ2) is 6.05. The van der Waals surface area contributed by atoms with Gasteiger partial charge in [0, 0.05) is 0 Å². The summed E-state index contributed by atoms with van der Waals surface area (Å²) >= 11 is 0. The second-order valence-electron chi connectivity index (χ2n) is 4.18. The molecule has 0 saturated carbocycles. The number of hydrogen-bond acceptors (Lipinski definition) is 3. The van der Waals surface area contributed by atoms with Gasteiger partial charge < -0.3 is 9.47 Å². The molecular formula is C16H16O3. The van der Waals surface area contributed by atoms with Gasteiger partial charge in [-0.1, -0.05) is 36.4 Å². The van der Waals surface area contributed by atoms with Crippen molar-refractivity contribution in [3.8, 4) is 16.9 Å². The fraction of sp³-hybridized carbons (Fsp3) is 0.188. The molecule has 0 bridgehead atoms. The molecule has 0 N–H and O–H groups in total. The van der Waals surface area contributed by atoms with Crippen LogP contribution in [-0.2, 0) is 16.0 Å². The monoisotopic (exact) mass is 256 g/mol. The quantitative estimate of drug-likeness (QED) is 0.789. The maximum atomic E-state index is 11.3. The van der Waals surface area contributed by atoms with E-state index in [9.17, 15) is 4.79 Å². The number of esters is 1. The molecule has 3 heteroatoms. The smallest absolute Gasteiger partial charge is 0.309 e. The molecule has 0 heterocycles. The molecule has 2 aromatic rings. The first-order valence-corrected chi connectivity index (χ1v) is 6.03. The van der Waals surface area contributed by atoms with Crippen molar-refractivity contribution in [3.63, 3.8) is 0 Å². The van der Waals surface area contributed by atoms with Gasteiger partial charge in [0.1, 0.15) is 5.75 Å². The fourth-order valence-electron chi connectivity index (χ4n) is 1.88. The van der Waals surface area contributed by atoms with Crippen molar-refractivity contribution >= 4 is 5.97 Å². The first kappa shape index (κ1) is 13.1. The van der Waals surface area contributed by atoms with Gasteiger partial charge in [0.15, 0.2) is 0 Å². The zero-order valence-corrected chi connectivity index (χ0v) is 11.1. The maximum Gasteiger partial charge on any atom is 0.309 e. The van der Waals surface area contributed by atoms with E-state index in [0.717, 1.165) is 22.4 Å². The Kier molecular flexibility index (Phi) is 4.18. The molecule has 0 aromatic heterocycles. The molecular weight excluding hydrogens is 240 g/mol. The van der Waals surface area contributed by atoms with Crippen LogP contribution in [0.3, 0.4) is 0 Å². The Labute approximate surface area is 112 Å². The van der Waals surface area contributed by atoms with E-state index in [1.165, 1.54) is 7.11 Å². The first-order valence-electron chi connectivity index (χ1n) is 6.03. The molecule has 3 nitrogen and oxygen atoms in total. The summed E-state index contributed by atoms with van der Waals surface area (Å²) in [6.45, 7) is 0. The molecule has 0 aliphatic rings. The van der Waals surface area contributed by atoms with Gasteiger partial charge >= 0.3 is 5.97 Å². The minimum absolute atomic E-state index is 0.230. The third-order valence-corrected chi connectivity index (χ3v) is 2.93. The predicted octanol–water partition coefficient (Wildman–Crippen LogP) is 3.08. The van der Waals surface area contributed by atoms with Gasteiger partial charge in [0.05, 0.1) is 20.6 Å². The molecule has 2 rings (SSSR count). The molecule has 0 saturated heterocycles. The van der Waals surface area contributed by atoms with Gasteiger partial charge in [-0.3, -0.25) is 4.79 Å². The van der Waals surface area contributed by atoms with Gasteiger partial charge in [-0.25, -0.2) is 0 Å². The summed E-state index contributed by atoms with van der Waals surface area (Å²) in [5, 5.41) is 0. The van der Waals surface area contributed by atoms with Gasteiger partial charge in [-0.05, 0) is 28.8 Å². The van der Waals surface area contributed by atoms with Crippen molar-refractivity contribution in [2.24, 2.45) is 0 Å². The first-order chi connectivity index (χ1) is 9.22.